The lowest BCUT2D eigenvalue weighted by Crippen LogP contribution is -2.37. The fraction of sp³-hybridized carbons (Fsp3) is 1.00. The zero-order chi connectivity index (χ0) is 7.98. The van der Waals surface area contributed by atoms with Crippen LogP contribution in [0.25, 0.3) is 0 Å². The van der Waals surface area contributed by atoms with Gasteiger partial charge in [-0.15, -0.1) is 0 Å². The highest BCUT2D eigenvalue weighted by Gasteiger charge is 1.99. The van der Waals surface area contributed by atoms with E-state index in [1.165, 1.54) is 19.5 Å². The number of hydrogen-bond donors (Lipinski definition) is 0. The highest BCUT2D eigenvalue weighted by Crippen LogP contribution is 1.85. The smallest absolute Gasteiger partial charge is 0.172 e. The van der Waals surface area contributed by atoms with Crippen molar-refractivity contribution in [1.82, 2.24) is 9.13 Å². The van der Waals surface area contributed by atoms with Crippen molar-refractivity contribution in [3.8, 4) is 0 Å². The summed E-state index contributed by atoms with van der Waals surface area (Å²) < 4.78 is 4.92. The van der Waals surface area contributed by atoms with Crippen LogP contribution >= 0.6 is 0 Å². The Morgan fingerprint density at radius 1 is 1.10 bits per heavy atom. The zero-order valence-electron chi connectivity index (χ0n) is 7.72. The van der Waals surface area contributed by atoms with Gasteiger partial charge in [-0.3, -0.25) is 0 Å². The van der Waals surface area contributed by atoms with Gasteiger partial charge < -0.3 is 9.13 Å². The molecule has 0 amide bonds. The summed E-state index contributed by atoms with van der Waals surface area (Å²) in [6.45, 7) is 6.90. The molecule has 0 saturated heterocycles. The fourth-order valence-electron chi connectivity index (χ4n) is 0.965. The van der Waals surface area contributed by atoms with Crippen LogP contribution in [-0.4, -0.2) is 46.2 Å². The number of hydrogen-bond acceptors (Lipinski definition) is 2. The molecule has 0 spiro atoms. The van der Waals surface area contributed by atoms with Gasteiger partial charge in [0.2, 0.25) is 0 Å². The topological polar surface area (TPSA) is 6.48 Å². The summed E-state index contributed by atoms with van der Waals surface area (Å²) in [4.78, 5) is 0. The largest absolute Gasteiger partial charge is 0.320 e. The lowest BCUT2D eigenvalue weighted by Gasteiger charge is -2.21. The summed E-state index contributed by atoms with van der Waals surface area (Å²) in [6.07, 6.45) is 1.28. The van der Waals surface area contributed by atoms with E-state index < -0.39 is 0 Å². The van der Waals surface area contributed by atoms with E-state index in [1.807, 2.05) is 0 Å². The monoisotopic (exact) mass is 160 g/mol. The molecule has 0 aliphatic heterocycles. The van der Waals surface area contributed by atoms with Gasteiger partial charge in [-0.1, -0.05) is 13.8 Å². The summed E-state index contributed by atoms with van der Waals surface area (Å²) in [7, 11) is 4.35. The van der Waals surface area contributed by atoms with Crippen molar-refractivity contribution in [2.75, 3.05) is 27.2 Å². The van der Waals surface area contributed by atoms with Crippen LogP contribution in [0.4, 0.5) is 0 Å². The third kappa shape index (κ3) is 4.96. The maximum Gasteiger partial charge on any atom is 0.172 e. The molecule has 0 unspecified atom stereocenters. The van der Waals surface area contributed by atoms with Gasteiger partial charge in [0.1, 0.15) is 0 Å². The first-order valence-electron chi connectivity index (χ1n) is 4.07. The lowest BCUT2D eigenvalue weighted by atomic mass is 10.5. The molecule has 0 heterocycles. The molecule has 0 atom stereocenters. The Bertz CT molecular complexity index is 78.0. The Balaban J connectivity index is 3.27. The zero-order valence-corrected chi connectivity index (χ0v) is 9.14. The van der Waals surface area contributed by atoms with Gasteiger partial charge in [0.15, 0.2) is 9.84 Å². The molecule has 0 saturated carbocycles. The highest BCUT2D eigenvalue weighted by atomic mass is 28.2. The van der Waals surface area contributed by atoms with E-state index in [2.05, 4.69) is 37.1 Å². The first kappa shape index (κ1) is 10.1. The SMILES string of the molecule is CCCN(C)[SiH2]N(C)CC. The predicted molar refractivity (Wildman–Crippen MR) is 49.8 cm³/mol. The molecular formula is C7H20N2Si. The van der Waals surface area contributed by atoms with Crippen molar-refractivity contribution in [3.63, 3.8) is 0 Å². The molecule has 0 aromatic carbocycles. The summed E-state index contributed by atoms with van der Waals surface area (Å²) in [6, 6.07) is 0. The Labute approximate surface area is 67.2 Å². The summed E-state index contributed by atoms with van der Waals surface area (Å²) >= 11 is 0. The van der Waals surface area contributed by atoms with Crippen LogP contribution in [-0.2, 0) is 0 Å². The molecule has 62 valence electrons. The van der Waals surface area contributed by atoms with Crippen molar-refractivity contribution in [2.24, 2.45) is 0 Å². The van der Waals surface area contributed by atoms with Gasteiger partial charge in [0, 0.05) is 0 Å². The Kier molecular flexibility index (Phi) is 5.97. The second-order valence-electron chi connectivity index (χ2n) is 2.89. The van der Waals surface area contributed by atoms with Crippen LogP contribution in [0.1, 0.15) is 20.3 Å². The molecule has 10 heavy (non-hydrogen) atoms. The molecule has 0 aromatic rings. The van der Waals surface area contributed by atoms with Crippen LogP contribution in [0.5, 0.6) is 0 Å². The Morgan fingerprint density at radius 2 is 1.70 bits per heavy atom. The summed E-state index contributed by atoms with van der Waals surface area (Å²) in [5.41, 5.74) is 0. The minimum atomic E-state index is -0.0843. The van der Waals surface area contributed by atoms with Crippen LogP contribution in [0.3, 0.4) is 0 Å². The van der Waals surface area contributed by atoms with Crippen LogP contribution in [0.2, 0.25) is 0 Å². The molecular weight excluding hydrogens is 140 g/mol. The summed E-state index contributed by atoms with van der Waals surface area (Å²) in [5.74, 6) is 0. The lowest BCUT2D eigenvalue weighted by molar-refractivity contribution is 0.451. The van der Waals surface area contributed by atoms with E-state index in [0.717, 1.165) is 0 Å². The quantitative estimate of drug-likeness (QED) is 0.533. The highest BCUT2D eigenvalue weighted by molar-refractivity contribution is 6.28. The molecule has 0 N–H and O–H groups in total. The van der Waals surface area contributed by atoms with Crippen molar-refractivity contribution in [3.05, 3.63) is 0 Å². The molecule has 0 fully saturated rings. The van der Waals surface area contributed by atoms with Crippen LogP contribution in [0, 0.1) is 0 Å². The first-order valence-corrected chi connectivity index (χ1v) is 5.34. The average molecular weight is 160 g/mol. The second kappa shape index (κ2) is 5.89. The van der Waals surface area contributed by atoms with E-state index >= 15 is 0 Å². The fourth-order valence-corrected chi connectivity index (χ4v) is 2.45. The van der Waals surface area contributed by atoms with Gasteiger partial charge in [0.05, 0.1) is 0 Å². The molecule has 0 rings (SSSR count). The van der Waals surface area contributed by atoms with E-state index in [0.29, 0.717) is 0 Å². The third-order valence-electron chi connectivity index (χ3n) is 1.63. The van der Waals surface area contributed by atoms with Gasteiger partial charge in [-0.2, -0.15) is 0 Å². The van der Waals surface area contributed by atoms with E-state index in [1.54, 1.807) is 0 Å². The van der Waals surface area contributed by atoms with Crippen molar-refractivity contribution in [2.45, 2.75) is 20.3 Å². The maximum atomic E-state index is 2.48. The predicted octanol–water partition coefficient (Wildman–Crippen LogP) is 0.279. The standard InChI is InChI=1S/C7H20N2Si/c1-5-7-9(4)10-8(3)6-2/h5-7,10H2,1-4H3. The Hall–Kier alpha value is 0.137. The molecule has 3 heteroatoms. The second-order valence-corrected chi connectivity index (χ2v) is 5.34. The van der Waals surface area contributed by atoms with Crippen molar-refractivity contribution >= 4 is 9.84 Å². The van der Waals surface area contributed by atoms with Gasteiger partial charge in [0.25, 0.3) is 0 Å². The van der Waals surface area contributed by atoms with Gasteiger partial charge in [-0.25, -0.2) is 0 Å². The molecule has 0 aliphatic rings. The molecule has 2 nitrogen and oxygen atoms in total. The average Bonchev–Trinajstić information content (AvgIpc) is 1.88. The van der Waals surface area contributed by atoms with Crippen LogP contribution < -0.4 is 0 Å². The first-order chi connectivity index (χ1) is 4.70. The third-order valence-corrected chi connectivity index (χ3v) is 3.36. The minimum absolute atomic E-state index is 0.0843. The van der Waals surface area contributed by atoms with Crippen LogP contribution in [0.15, 0.2) is 0 Å². The van der Waals surface area contributed by atoms with Crippen molar-refractivity contribution in [1.29, 1.82) is 0 Å². The van der Waals surface area contributed by atoms with Gasteiger partial charge >= 0.3 is 0 Å². The molecule has 0 bridgehead atoms. The molecule has 0 radical (unpaired) electrons. The minimum Gasteiger partial charge on any atom is -0.320 e. The summed E-state index contributed by atoms with van der Waals surface area (Å²) in [5, 5.41) is 0. The van der Waals surface area contributed by atoms with E-state index in [-0.39, 0.29) is 9.84 Å². The normalized spacial score (nSPS) is 12.6. The van der Waals surface area contributed by atoms with E-state index in [4.69, 9.17) is 0 Å². The molecule has 0 aromatic heterocycles. The van der Waals surface area contributed by atoms with Crippen molar-refractivity contribution < 1.29 is 0 Å². The van der Waals surface area contributed by atoms with Gasteiger partial charge in [-0.05, 0) is 33.6 Å². The Morgan fingerprint density at radius 3 is 2.10 bits per heavy atom. The molecule has 0 aliphatic carbocycles. The number of nitrogens with zero attached hydrogens (tertiary/aromatic N) is 2. The number of rotatable bonds is 5. The van der Waals surface area contributed by atoms with E-state index in [9.17, 15) is 0 Å². The maximum absolute atomic E-state index is 2.48.